The molecule has 1 atom stereocenters. The first-order valence-electron chi connectivity index (χ1n) is 5.77. The highest BCUT2D eigenvalue weighted by Crippen LogP contribution is 2.29. The predicted molar refractivity (Wildman–Crippen MR) is 70.8 cm³/mol. The summed E-state index contributed by atoms with van der Waals surface area (Å²) in [5.74, 6) is 1.67. The van der Waals surface area contributed by atoms with Crippen molar-refractivity contribution in [2.24, 2.45) is 5.73 Å². The lowest BCUT2D eigenvalue weighted by Gasteiger charge is -2.11. The first-order chi connectivity index (χ1) is 8.26. The monoisotopic (exact) mass is 227 g/mol. The van der Waals surface area contributed by atoms with Crippen molar-refractivity contribution in [1.82, 2.24) is 0 Å². The van der Waals surface area contributed by atoms with Crippen molar-refractivity contribution in [3.63, 3.8) is 0 Å². The van der Waals surface area contributed by atoms with Gasteiger partial charge in [0.1, 0.15) is 11.5 Å². The maximum Gasteiger partial charge on any atom is 0.131 e. The molecule has 2 rings (SSSR count). The number of para-hydroxylation sites is 1. The highest BCUT2D eigenvalue weighted by Gasteiger charge is 2.19. The Morgan fingerprint density at radius 1 is 1.41 bits per heavy atom. The Hall–Kier alpha value is -1.80. The average Bonchev–Trinajstić information content (AvgIpc) is 2.45. The summed E-state index contributed by atoms with van der Waals surface area (Å²) in [6.07, 6.45) is 6.43. The highest BCUT2D eigenvalue weighted by atomic mass is 16.5. The molecule has 17 heavy (non-hydrogen) atoms. The molecule has 1 aliphatic heterocycles. The fourth-order valence-corrected chi connectivity index (χ4v) is 2.01. The largest absolute Gasteiger partial charge is 0.457 e. The van der Waals surface area contributed by atoms with E-state index < -0.39 is 0 Å². The van der Waals surface area contributed by atoms with Gasteiger partial charge >= 0.3 is 0 Å². The lowest BCUT2D eigenvalue weighted by Crippen LogP contribution is -2.24. The van der Waals surface area contributed by atoms with Crippen LogP contribution < -0.4 is 10.5 Å². The van der Waals surface area contributed by atoms with Gasteiger partial charge < -0.3 is 10.5 Å². The summed E-state index contributed by atoms with van der Waals surface area (Å²) < 4.78 is 5.91. The third-order valence-electron chi connectivity index (χ3n) is 2.85. The molecule has 1 heterocycles. The SMILES string of the molecule is C=CC1=C(/C=C\C)Oc2ccccc2CC1N. The quantitative estimate of drug-likeness (QED) is 0.843. The van der Waals surface area contributed by atoms with Crippen molar-refractivity contribution in [1.29, 1.82) is 0 Å². The van der Waals surface area contributed by atoms with Gasteiger partial charge in [-0.3, -0.25) is 0 Å². The van der Waals surface area contributed by atoms with Crippen LogP contribution in [0.4, 0.5) is 0 Å². The first-order valence-corrected chi connectivity index (χ1v) is 5.77. The molecule has 1 aromatic rings. The van der Waals surface area contributed by atoms with E-state index in [-0.39, 0.29) is 6.04 Å². The molecule has 0 bridgehead atoms. The van der Waals surface area contributed by atoms with Crippen LogP contribution in [0.1, 0.15) is 12.5 Å². The molecule has 0 spiro atoms. The van der Waals surface area contributed by atoms with Crippen LogP contribution in [0, 0.1) is 0 Å². The molecule has 2 nitrogen and oxygen atoms in total. The van der Waals surface area contributed by atoms with Crippen molar-refractivity contribution in [3.05, 3.63) is 66.0 Å². The molecule has 0 aromatic heterocycles. The number of nitrogens with two attached hydrogens (primary N) is 1. The number of hydrogen-bond acceptors (Lipinski definition) is 2. The number of rotatable bonds is 2. The van der Waals surface area contributed by atoms with E-state index in [9.17, 15) is 0 Å². The molecule has 0 saturated carbocycles. The van der Waals surface area contributed by atoms with E-state index in [1.165, 1.54) is 0 Å². The molecule has 88 valence electrons. The zero-order valence-corrected chi connectivity index (χ0v) is 10.0. The number of benzene rings is 1. The number of hydrogen-bond donors (Lipinski definition) is 1. The van der Waals surface area contributed by atoms with Crippen molar-refractivity contribution in [3.8, 4) is 5.75 Å². The summed E-state index contributed by atoms with van der Waals surface area (Å²) in [7, 11) is 0. The molecule has 0 fully saturated rings. The number of ether oxygens (including phenoxy) is 1. The van der Waals surface area contributed by atoms with Crippen molar-refractivity contribution >= 4 is 0 Å². The average molecular weight is 227 g/mol. The summed E-state index contributed by atoms with van der Waals surface area (Å²) >= 11 is 0. The molecular formula is C15H17NO. The first kappa shape index (κ1) is 11.7. The van der Waals surface area contributed by atoms with E-state index in [2.05, 4.69) is 12.6 Å². The highest BCUT2D eigenvalue weighted by molar-refractivity contribution is 5.44. The topological polar surface area (TPSA) is 35.2 Å². The van der Waals surface area contributed by atoms with Crippen LogP contribution in [0.2, 0.25) is 0 Å². The molecular weight excluding hydrogens is 210 g/mol. The van der Waals surface area contributed by atoms with Gasteiger partial charge in [-0.05, 0) is 31.1 Å². The van der Waals surface area contributed by atoms with Crippen molar-refractivity contribution in [2.45, 2.75) is 19.4 Å². The van der Waals surface area contributed by atoms with Gasteiger partial charge in [-0.15, -0.1) is 0 Å². The summed E-state index contributed by atoms with van der Waals surface area (Å²) in [6, 6.07) is 7.92. The summed E-state index contributed by atoms with van der Waals surface area (Å²) in [5.41, 5.74) is 8.28. The maximum atomic E-state index is 6.18. The van der Waals surface area contributed by atoms with Gasteiger partial charge in [-0.2, -0.15) is 0 Å². The van der Waals surface area contributed by atoms with Crippen molar-refractivity contribution in [2.75, 3.05) is 0 Å². The Labute approximate surface area is 102 Å². The van der Waals surface area contributed by atoms with E-state index in [0.29, 0.717) is 0 Å². The second-order valence-corrected chi connectivity index (χ2v) is 4.04. The zero-order valence-electron chi connectivity index (χ0n) is 10.0. The Morgan fingerprint density at radius 2 is 2.18 bits per heavy atom. The Morgan fingerprint density at radius 3 is 2.88 bits per heavy atom. The molecule has 2 heteroatoms. The van der Waals surface area contributed by atoms with Crippen molar-refractivity contribution < 1.29 is 4.74 Å². The number of allylic oxidation sites excluding steroid dienone is 2. The van der Waals surface area contributed by atoms with Crippen LogP contribution in [-0.2, 0) is 6.42 Å². The predicted octanol–water partition coefficient (Wildman–Crippen LogP) is 2.97. The Balaban J connectivity index is 2.50. The van der Waals surface area contributed by atoms with Crippen LogP contribution in [0.25, 0.3) is 0 Å². The summed E-state index contributed by atoms with van der Waals surface area (Å²) in [4.78, 5) is 0. The minimum Gasteiger partial charge on any atom is -0.457 e. The standard InChI is InChI=1S/C15H17NO/c1-3-7-15-12(4-2)13(16)10-11-8-5-6-9-14(11)17-15/h3-9,13H,2,10,16H2,1H3/b7-3-. The maximum absolute atomic E-state index is 6.18. The van der Waals surface area contributed by atoms with E-state index in [1.807, 2.05) is 37.3 Å². The van der Waals surface area contributed by atoms with Gasteiger partial charge in [0.05, 0.1) is 0 Å². The van der Waals surface area contributed by atoms with E-state index in [4.69, 9.17) is 10.5 Å². The minimum absolute atomic E-state index is 0.0673. The lowest BCUT2D eigenvalue weighted by molar-refractivity contribution is 0.439. The molecule has 1 aromatic carbocycles. The van der Waals surface area contributed by atoms with E-state index in [1.54, 1.807) is 6.08 Å². The smallest absolute Gasteiger partial charge is 0.131 e. The lowest BCUT2D eigenvalue weighted by atomic mass is 9.99. The van der Waals surface area contributed by atoms with Crippen LogP contribution in [-0.4, -0.2) is 6.04 Å². The fourth-order valence-electron chi connectivity index (χ4n) is 2.01. The normalized spacial score (nSPS) is 19.8. The second kappa shape index (κ2) is 5.02. The van der Waals surface area contributed by atoms with Gasteiger partial charge in [0.15, 0.2) is 0 Å². The Kier molecular flexibility index (Phi) is 3.45. The summed E-state index contributed by atoms with van der Waals surface area (Å²) in [5, 5.41) is 0. The van der Waals surface area contributed by atoms with Gasteiger partial charge in [-0.25, -0.2) is 0 Å². The summed E-state index contributed by atoms with van der Waals surface area (Å²) in [6.45, 7) is 5.78. The number of fused-ring (bicyclic) bond motifs is 1. The molecule has 0 amide bonds. The van der Waals surface area contributed by atoms with Gasteiger partial charge in [0.2, 0.25) is 0 Å². The minimum atomic E-state index is -0.0673. The van der Waals surface area contributed by atoms with Gasteiger partial charge in [-0.1, -0.05) is 36.9 Å². The zero-order chi connectivity index (χ0) is 12.3. The molecule has 1 aliphatic rings. The molecule has 0 radical (unpaired) electrons. The Bertz CT molecular complexity index is 485. The van der Waals surface area contributed by atoms with Gasteiger partial charge in [0.25, 0.3) is 0 Å². The van der Waals surface area contributed by atoms with Crippen LogP contribution in [0.5, 0.6) is 5.75 Å². The van der Waals surface area contributed by atoms with Crippen LogP contribution >= 0.6 is 0 Å². The fraction of sp³-hybridized carbons (Fsp3) is 0.200. The second-order valence-electron chi connectivity index (χ2n) is 4.04. The van der Waals surface area contributed by atoms with Crippen LogP contribution in [0.15, 0.2) is 60.4 Å². The third kappa shape index (κ3) is 2.32. The molecule has 2 N–H and O–H groups in total. The van der Waals surface area contributed by atoms with Gasteiger partial charge in [0, 0.05) is 11.6 Å². The molecule has 0 saturated heterocycles. The van der Waals surface area contributed by atoms with E-state index in [0.717, 1.165) is 29.1 Å². The van der Waals surface area contributed by atoms with Crippen LogP contribution in [0.3, 0.4) is 0 Å². The molecule has 1 unspecified atom stereocenters. The van der Waals surface area contributed by atoms with E-state index >= 15 is 0 Å². The third-order valence-corrected chi connectivity index (χ3v) is 2.85. The molecule has 0 aliphatic carbocycles.